The van der Waals surface area contributed by atoms with Crippen LogP contribution < -0.4 is 10.3 Å². The molecular weight excluding hydrogens is 228 g/mol. The van der Waals surface area contributed by atoms with E-state index in [1.807, 2.05) is 0 Å². The standard InChI is InChI=1S/C9H8N4O2S/c10-9-12-11-8(16-9)6-1-3-13(4-2-6)5-7(14)15/h1-4,10H,5H2,(H,14,15)/p+1. The van der Waals surface area contributed by atoms with Crippen LogP contribution in [-0.2, 0) is 11.3 Å². The number of hydrogen-bond donors (Lipinski definition) is 2. The van der Waals surface area contributed by atoms with E-state index in [-0.39, 0.29) is 6.54 Å². The van der Waals surface area contributed by atoms with E-state index in [2.05, 4.69) is 10.2 Å². The van der Waals surface area contributed by atoms with Crippen molar-refractivity contribution in [3.63, 3.8) is 0 Å². The van der Waals surface area contributed by atoms with Gasteiger partial charge in [-0.15, -0.1) is 10.2 Å². The van der Waals surface area contributed by atoms with Crippen LogP contribution in [0.1, 0.15) is 0 Å². The molecule has 0 radical (unpaired) electrons. The number of nitrogens with zero attached hydrogens (tertiary/aromatic N) is 3. The number of nitrogen functional groups attached to an aromatic ring is 1. The Morgan fingerprint density at radius 3 is 2.62 bits per heavy atom. The Balaban J connectivity index is 2.22. The van der Waals surface area contributed by atoms with Crippen molar-refractivity contribution in [3.8, 4) is 10.6 Å². The van der Waals surface area contributed by atoms with E-state index in [1.54, 1.807) is 29.1 Å². The van der Waals surface area contributed by atoms with Crippen LogP contribution in [0.25, 0.3) is 10.6 Å². The van der Waals surface area contributed by atoms with Crippen LogP contribution in [0.5, 0.6) is 0 Å². The first-order valence-corrected chi connectivity index (χ1v) is 5.27. The van der Waals surface area contributed by atoms with E-state index in [9.17, 15) is 4.79 Å². The zero-order valence-corrected chi connectivity index (χ0v) is 9.02. The predicted molar refractivity (Wildman–Crippen MR) is 57.6 cm³/mol. The average Bonchev–Trinajstić information content (AvgIpc) is 2.65. The minimum atomic E-state index is -0.877. The van der Waals surface area contributed by atoms with Gasteiger partial charge >= 0.3 is 5.97 Å². The minimum absolute atomic E-state index is 0.0570. The second-order valence-electron chi connectivity index (χ2n) is 3.10. The van der Waals surface area contributed by atoms with Gasteiger partial charge in [-0.2, -0.15) is 4.57 Å². The van der Waals surface area contributed by atoms with Gasteiger partial charge in [0.05, 0.1) is 0 Å². The zero-order chi connectivity index (χ0) is 11.5. The molecule has 7 heteroatoms. The highest BCUT2D eigenvalue weighted by molar-refractivity contribution is 7.18. The molecule has 0 amide bonds. The SMILES string of the molecule is Nc1nnc(-c2cc[n+](CC(=O)O)cc2)s1. The van der Waals surface area contributed by atoms with Crippen molar-refractivity contribution in [2.45, 2.75) is 6.54 Å². The van der Waals surface area contributed by atoms with Crippen LogP contribution in [0.4, 0.5) is 5.13 Å². The Morgan fingerprint density at radius 1 is 1.44 bits per heavy atom. The molecule has 0 aliphatic rings. The number of carboxylic acid groups (broad SMARTS) is 1. The van der Waals surface area contributed by atoms with Crippen molar-refractivity contribution in [2.75, 3.05) is 5.73 Å². The van der Waals surface area contributed by atoms with Crippen molar-refractivity contribution in [3.05, 3.63) is 24.5 Å². The molecule has 2 rings (SSSR count). The molecule has 6 nitrogen and oxygen atoms in total. The fraction of sp³-hybridized carbons (Fsp3) is 0.111. The third kappa shape index (κ3) is 2.31. The zero-order valence-electron chi connectivity index (χ0n) is 8.20. The van der Waals surface area contributed by atoms with Crippen LogP contribution in [0.2, 0.25) is 0 Å². The summed E-state index contributed by atoms with van der Waals surface area (Å²) in [5.74, 6) is -0.877. The van der Waals surface area contributed by atoms with Crippen LogP contribution in [0, 0.1) is 0 Å². The number of rotatable bonds is 3. The predicted octanol–water partition coefficient (Wildman–Crippen LogP) is 0.159. The molecule has 0 spiro atoms. The maximum Gasteiger partial charge on any atom is 0.370 e. The van der Waals surface area contributed by atoms with E-state index in [1.165, 1.54) is 11.3 Å². The van der Waals surface area contributed by atoms with Crippen molar-refractivity contribution < 1.29 is 14.5 Å². The third-order valence-corrected chi connectivity index (χ3v) is 2.70. The van der Waals surface area contributed by atoms with Crippen LogP contribution in [0.3, 0.4) is 0 Å². The van der Waals surface area contributed by atoms with Gasteiger partial charge in [0.15, 0.2) is 12.4 Å². The molecule has 0 fully saturated rings. The third-order valence-electron chi connectivity index (χ3n) is 1.90. The molecule has 0 aliphatic carbocycles. The first kappa shape index (κ1) is 10.5. The molecule has 2 heterocycles. The maximum atomic E-state index is 10.5. The van der Waals surface area contributed by atoms with Gasteiger partial charge in [0.2, 0.25) is 11.7 Å². The molecule has 16 heavy (non-hydrogen) atoms. The monoisotopic (exact) mass is 237 g/mol. The first-order chi connectivity index (χ1) is 7.65. The number of pyridine rings is 1. The van der Waals surface area contributed by atoms with Gasteiger partial charge in [-0.05, 0) is 0 Å². The second-order valence-corrected chi connectivity index (χ2v) is 4.11. The summed E-state index contributed by atoms with van der Waals surface area (Å²) >= 11 is 1.29. The average molecular weight is 237 g/mol. The Bertz CT molecular complexity index is 508. The summed E-state index contributed by atoms with van der Waals surface area (Å²) in [6, 6.07) is 3.56. The van der Waals surface area contributed by atoms with E-state index in [4.69, 9.17) is 10.8 Å². The highest BCUT2D eigenvalue weighted by Crippen LogP contribution is 2.22. The molecule has 0 atom stereocenters. The van der Waals surface area contributed by atoms with E-state index in [0.29, 0.717) is 5.13 Å². The summed E-state index contributed by atoms with van der Waals surface area (Å²) < 4.78 is 1.57. The van der Waals surface area contributed by atoms with Gasteiger partial charge < -0.3 is 10.8 Å². The van der Waals surface area contributed by atoms with Gasteiger partial charge in [0, 0.05) is 17.7 Å². The number of carboxylic acids is 1. The van der Waals surface area contributed by atoms with E-state index in [0.717, 1.165) is 10.6 Å². The molecule has 0 unspecified atom stereocenters. The molecule has 0 bridgehead atoms. The molecule has 0 aliphatic heterocycles. The van der Waals surface area contributed by atoms with Crippen LogP contribution in [-0.4, -0.2) is 21.3 Å². The first-order valence-electron chi connectivity index (χ1n) is 4.45. The summed E-state index contributed by atoms with van der Waals surface area (Å²) in [5.41, 5.74) is 6.34. The Labute approximate surface area is 95.0 Å². The number of carbonyl (C=O) groups is 1. The van der Waals surface area contributed by atoms with E-state index < -0.39 is 5.97 Å². The number of aromatic nitrogens is 3. The van der Waals surface area contributed by atoms with Gasteiger partial charge in [-0.3, -0.25) is 0 Å². The molecule has 0 saturated heterocycles. The number of aliphatic carboxylic acids is 1. The highest BCUT2D eigenvalue weighted by atomic mass is 32.1. The van der Waals surface area contributed by atoms with E-state index >= 15 is 0 Å². The Morgan fingerprint density at radius 2 is 2.12 bits per heavy atom. The van der Waals surface area contributed by atoms with Crippen molar-refractivity contribution in [1.82, 2.24) is 10.2 Å². The van der Waals surface area contributed by atoms with Gasteiger partial charge in [0.25, 0.3) is 0 Å². The number of hydrogen-bond acceptors (Lipinski definition) is 5. The molecule has 0 saturated carbocycles. The van der Waals surface area contributed by atoms with Crippen molar-refractivity contribution in [1.29, 1.82) is 0 Å². The fourth-order valence-corrected chi connectivity index (χ4v) is 1.83. The second kappa shape index (κ2) is 4.23. The smallest absolute Gasteiger partial charge is 0.370 e. The number of nitrogens with two attached hydrogens (primary N) is 1. The lowest BCUT2D eigenvalue weighted by Gasteiger charge is -1.94. The molecule has 2 aromatic heterocycles. The summed E-state index contributed by atoms with van der Waals surface area (Å²) in [5, 5.41) is 17.3. The summed E-state index contributed by atoms with van der Waals surface area (Å²) in [4.78, 5) is 10.5. The Hall–Kier alpha value is -2.02. The number of anilines is 1. The molecule has 0 aromatic carbocycles. The van der Waals surface area contributed by atoms with Gasteiger partial charge in [0.1, 0.15) is 5.01 Å². The van der Waals surface area contributed by atoms with Crippen LogP contribution in [0.15, 0.2) is 24.5 Å². The minimum Gasteiger partial charge on any atom is -0.477 e. The molecule has 82 valence electrons. The van der Waals surface area contributed by atoms with Crippen molar-refractivity contribution in [2.24, 2.45) is 0 Å². The molecule has 2 aromatic rings. The topological polar surface area (TPSA) is 93.0 Å². The molecule has 3 N–H and O–H groups in total. The quantitative estimate of drug-likeness (QED) is 0.742. The van der Waals surface area contributed by atoms with Crippen molar-refractivity contribution >= 4 is 22.4 Å². The largest absolute Gasteiger partial charge is 0.477 e. The van der Waals surface area contributed by atoms with Gasteiger partial charge in [-0.25, -0.2) is 4.79 Å². The fourth-order valence-electron chi connectivity index (χ4n) is 1.21. The van der Waals surface area contributed by atoms with Crippen LogP contribution >= 0.6 is 11.3 Å². The Kier molecular flexibility index (Phi) is 2.78. The summed E-state index contributed by atoms with van der Waals surface area (Å²) in [6.07, 6.45) is 3.36. The lowest BCUT2D eigenvalue weighted by atomic mass is 10.3. The lowest BCUT2D eigenvalue weighted by molar-refractivity contribution is -0.685. The normalized spacial score (nSPS) is 10.2. The van der Waals surface area contributed by atoms with Gasteiger partial charge in [-0.1, -0.05) is 11.3 Å². The highest BCUT2D eigenvalue weighted by Gasteiger charge is 2.09. The molecular formula is C9H9N4O2S+. The summed E-state index contributed by atoms with van der Waals surface area (Å²) in [7, 11) is 0. The maximum absolute atomic E-state index is 10.5. The summed E-state index contributed by atoms with van der Waals surface area (Å²) in [6.45, 7) is -0.0570. The lowest BCUT2D eigenvalue weighted by Crippen LogP contribution is -2.36.